The molecule has 0 unspecified atom stereocenters. The number of carbonyl (C=O) groups excluding carboxylic acids is 2. The number of esters is 1. The van der Waals surface area contributed by atoms with Crippen LogP contribution in [0.15, 0.2) is 53.0 Å². The number of hydrogen-bond donors (Lipinski definition) is 1. The summed E-state index contributed by atoms with van der Waals surface area (Å²) in [5.41, 5.74) is 3.98. The molecule has 8 nitrogen and oxygen atoms in total. The number of halogens is 1. The smallest absolute Gasteiger partial charge is 0.341 e. The molecule has 0 bridgehead atoms. The number of ether oxygens (including phenoxy) is 2. The minimum Gasteiger partial charge on any atom is -0.486 e. The summed E-state index contributed by atoms with van der Waals surface area (Å²) in [5, 5.41) is 14.9. The van der Waals surface area contributed by atoms with Crippen LogP contribution in [0.2, 0.25) is 5.02 Å². The van der Waals surface area contributed by atoms with Crippen LogP contribution in [0.1, 0.15) is 34.2 Å². The topological polar surface area (TPSA) is 95.3 Å². The van der Waals surface area contributed by atoms with E-state index in [4.69, 9.17) is 21.1 Å². The average Bonchev–Trinajstić information content (AvgIpc) is 3.51. The quantitative estimate of drug-likeness (QED) is 0.174. The van der Waals surface area contributed by atoms with Gasteiger partial charge in [-0.15, -0.1) is 21.5 Å². The normalized spacial score (nSPS) is 10.9. The fraction of sp³-hybridized carbons (Fsp3) is 0.259. The van der Waals surface area contributed by atoms with Gasteiger partial charge in [0.15, 0.2) is 11.0 Å². The molecular weight excluding hydrogens is 544 g/mol. The first-order valence-corrected chi connectivity index (χ1v) is 14.1. The van der Waals surface area contributed by atoms with Gasteiger partial charge in [-0.05, 0) is 50.1 Å². The molecule has 38 heavy (non-hydrogen) atoms. The summed E-state index contributed by atoms with van der Waals surface area (Å²) in [6.07, 6.45) is 0. The van der Waals surface area contributed by atoms with Gasteiger partial charge in [-0.1, -0.05) is 53.2 Å². The predicted octanol–water partition coefficient (Wildman–Crippen LogP) is 6.39. The summed E-state index contributed by atoms with van der Waals surface area (Å²) < 4.78 is 12.8. The zero-order valence-electron chi connectivity index (χ0n) is 21.4. The lowest BCUT2D eigenvalue weighted by Gasteiger charge is -2.10. The molecule has 11 heteroatoms. The van der Waals surface area contributed by atoms with E-state index in [1.165, 1.54) is 30.2 Å². The third-order valence-electron chi connectivity index (χ3n) is 5.74. The van der Waals surface area contributed by atoms with Crippen molar-refractivity contribution in [2.75, 3.05) is 18.2 Å². The van der Waals surface area contributed by atoms with Gasteiger partial charge in [-0.3, -0.25) is 4.79 Å². The number of aryl methyl sites for hydroxylation is 2. The van der Waals surface area contributed by atoms with Gasteiger partial charge < -0.3 is 19.4 Å². The number of carbonyl (C=O) groups is 2. The second-order valence-corrected chi connectivity index (χ2v) is 10.6. The molecule has 0 atom stereocenters. The van der Waals surface area contributed by atoms with E-state index in [2.05, 4.69) is 15.5 Å². The number of thioether (sulfide) groups is 1. The van der Waals surface area contributed by atoms with Crippen LogP contribution < -0.4 is 10.1 Å². The molecule has 1 amide bonds. The van der Waals surface area contributed by atoms with E-state index in [1.54, 1.807) is 12.1 Å². The Bertz CT molecular complexity index is 1450. The van der Waals surface area contributed by atoms with Crippen molar-refractivity contribution in [3.05, 3.63) is 75.4 Å². The Labute approximate surface area is 234 Å². The highest BCUT2D eigenvalue weighted by molar-refractivity contribution is 7.99. The molecule has 0 spiro atoms. The standard InChI is InChI=1S/C27H27ClN4O4S2/c1-5-32-22(13-36-19-10-11-21(28)17(3)12-19)30-31-27(32)38-15-23(33)29-25-24(26(34)35-4)20(14-37-25)18-8-6-16(2)7-9-18/h6-12,14H,5,13,15H2,1-4H3,(H,29,33). The van der Waals surface area contributed by atoms with Crippen LogP contribution in [0.3, 0.4) is 0 Å². The van der Waals surface area contributed by atoms with Gasteiger partial charge in [0.1, 0.15) is 22.9 Å². The third-order valence-corrected chi connectivity index (χ3v) is 8.02. The van der Waals surface area contributed by atoms with Crippen molar-refractivity contribution in [1.29, 1.82) is 0 Å². The van der Waals surface area contributed by atoms with Crippen molar-refractivity contribution in [1.82, 2.24) is 14.8 Å². The Kier molecular flexibility index (Phi) is 9.09. The lowest BCUT2D eigenvalue weighted by atomic mass is 10.0. The number of amides is 1. The molecule has 4 rings (SSSR count). The van der Waals surface area contributed by atoms with Crippen LogP contribution in [0.5, 0.6) is 5.75 Å². The maximum absolute atomic E-state index is 12.8. The molecule has 2 aromatic heterocycles. The fourth-order valence-electron chi connectivity index (χ4n) is 3.70. The maximum Gasteiger partial charge on any atom is 0.341 e. The molecule has 0 radical (unpaired) electrons. The molecule has 0 saturated carbocycles. The summed E-state index contributed by atoms with van der Waals surface area (Å²) in [7, 11) is 1.33. The molecule has 0 aliphatic heterocycles. The number of anilines is 1. The number of aromatic nitrogens is 3. The summed E-state index contributed by atoms with van der Waals surface area (Å²) in [6, 6.07) is 13.3. The number of rotatable bonds is 10. The van der Waals surface area contributed by atoms with E-state index < -0.39 is 5.97 Å². The number of hydrogen-bond acceptors (Lipinski definition) is 8. The molecule has 0 aliphatic rings. The lowest BCUT2D eigenvalue weighted by molar-refractivity contribution is -0.113. The van der Waals surface area contributed by atoms with Crippen LogP contribution in [-0.2, 0) is 22.7 Å². The van der Waals surface area contributed by atoms with Crippen LogP contribution in [0.4, 0.5) is 5.00 Å². The maximum atomic E-state index is 12.8. The fourth-order valence-corrected chi connectivity index (χ4v) is 5.61. The Balaban J connectivity index is 1.42. The largest absolute Gasteiger partial charge is 0.486 e. The predicted molar refractivity (Wildman–Crippen MR) is 151 cm³/mol. The monoisotopic (exact) mass is 570 g/mol. The summed E-state index contributed by atoms with van der Waals surface area (Å²) in [5.74, 6) is 0.660. The second kappa shape index (κ2) is 12.5. The molecule has 2 heterocycles. The minimum atomic E-state index is -0.504. The van der Waals surface area contributed by atoms with Gasteiger partial charge in [0.05, 0.1) is 12.9 Å². The van der Waals surface area contributed by atoms with E-state index in [1.807, 2.05) is 61.1 Å². The highest BCUT2D eigenvalue weighted by Crippen LogP contribution is 2.36. The van der Waals surface area contributed by atoms with Crippen LogP contribution >= 0.6 is 34.7 Å². The van der Waals surface area contributed by atoms with Crippen molar-refractivity contribution >= 4 is 51.6 Å². The van der Waals surface area contributed by atoms with Crippen molar-refractivity contribution in [3.8, 4) is 16.9 Å². The number of nitrogens with one attached hydrogen (secondary N) is 1. The van der Waals surface area contributed by atoms with E-state index in [-0.39, 0.29) is 18.3 Å². The zero-order chi connectivity index (χ0) is 27.2. The minimum absolute atomic E-state index is 0.0910. The zero-order valence-corrected chi connectivity index (χ0v) is 23.8. The summed E-state index contributed by atoms with van der Waals surface area (Å²) in [4.78, 5) is 25.4. The van der Waals surface area contributed by atoms with E-state index >= 15 is 0 Å². The Hall–Kier alpha value is -3.34. The SMILES string of the molecule is CCn1c(COc2ccc(Cl)c(C)c2)nnc1SCC(=O)Nc1scc(-c2ccc(C)cc2)c1C(=O)OC. The van der Waals surface area contributed by atoms with Crippen molar-refractivity contribution in [2.24, 2.45) is 0 Å². The molecule has 198 valence electrons. The molecule has 0 fully saturated rings. The first-order chi connectivity index (χ1) is 18.3. The number of thiophene rings is 1. The van der Waals surface area contributed by atoms with Crippen molar-refractivity contribution in [2.45, 2.75) is 39.1 Å². The van der Waals surface area contributed by atoms with E-state index in [0.717, 1.165) is 22.3 Å². The second-order valence-electron chi connectivity index (χ2n) is 8.39. The molecule has 0 saturated heterocycles. The average molecular weight is 571 g/mol. The van der Waals surface area contributed by atoms with Gasteiger partial charge in [-0.25, -0.2) is 4.79 Å². The van der Waals surface area contributed by atoms with Gasteiger partial charge in [0.25, 0.3) is 0 Å². The van der Waals surface area contributed by atoms with E-state index in [9.17, 15) is 9.59 Å². The first-order valence-electron chi connectivity index (χ1n) is 11.8. The Morgan fingerprint density at radius 3 is 2.58 bits per heavy atom. The molecule has 0 aliphatic carbocycles. The van der Waals surface area contributed by atoms with Crippen LogP contribution in [0.25, 0.3) is 11.1 Å². The first kappa shape index (κ1) is 27.7. The van der Waals surface area contributed by atoms with Crippen LogP contribution in [-0.4, -0.2) is 39.5 Å². The highest BCUT2D eigenvalue weighted by Gasteiger charge is 2.23. The van der Waals surface area contributed by atoms with Gasteiger partial charge in [0, 0.05) is 22.5 Å². The van der Waals surface area contributed by atoms with Gasteiger partial charge >= 0.3 is 5.97 Å². The summed E-state index contributed by atoms with van der Waals surface area (Å²) in [6.45, 7) is 6.74. The van der Waals surface area contributed by atoms with Crippen molar-refractivity contribution in [3.63, 3.8) is 0 Å². The molecule has 1 N–H and O–H groups in total. The van der Waals surface area contributed by atoms with Crippen molar-refractivity contribution < 1.29 is 19.1 Å². The number of benzene rings is 2. The lowest BCUT2D eigenvalue weighted by Crippen LogP contribution is -2.16. The summed E-state index contributed by atoms with van der Waals surface area (Å²) >= 11 is 8.64. The number of methoxy groups -OCH3 is 1. The Morgan fingerprint density at radius 1 is 1.13 bits per heavy atom. The molecule has 4 aromatic rings. The number of nitrogens with zero attached hydrogens (tertiary/aromatic N) is 3. The third kappa shape index (κ3) is 6.38. The van der Waals surface area contributed by atoms with Gasteiger partial charge in [-0.2, -0.15) is 0 Å². The Morgan fingerprint density at radius 2 is 1.89 bits per heavy atom. The highest BCUT2D eigenvalue weighted by atomic mass is 35.5. The van der Waals surface area contributed by atoms with Gasteiger partial charge in [0.2, 0.25) is 5.91 Å². The molecule has 2 aromatic carbocycles. The van der Waals surface area contributed by atoms with Crippen LogP contribution in [0, 0.1) is 13.8 Å². The van der Waals surface area contributed by atoms with E-state index in [0.29, 0.717) is 38.9 Å². The molecular formula is C27H27ClN4O4S2.